The van der Waals surface area contributed by atoms with Crippen molar-refractivity contribution in [2.24, 2.45) is 0 Å². The molecule has 35 heavy (non-hydrogen) atoms. The van der Waals surface area contributed by atoms with Gasteiger partial charge in [0.25, 0.3) is 0 Å². The van der Waals surface area contributed by atoms with Gasteiger partial charge in [-0.3, -0.25) is 0 Å². The Morgan fingerprint density at radius 1 is 0.600 bits per heavy atom. The Labute approximate surface area is 243 Å². The summed E-state index contributed by atoms with van der Waals surface area (Å²) in [7, 11) is 0. The van der Waals surface area contributed by atoms with Crippen LogP contribution in [0.25, 0.3) is 0 Å². The van der Waals surface area contributed by atoms with E-state index >= 15 is 0 Å². The first-order valence-electron chi connectivity index (χ1n) is 10.6. The van der Waals surface area contributed by atoms with Gasteiger partial charge in [0.1, 0.15) is 73.8 Å². The zero-order chi connectivity index (χ0) is 25.4. The molecule has 0 spiro atoms. The summed E-state index contributed by atoms with van der Waals surface area (Å²) >= 11 is 0. The van der Waals surface area contributed by atoms with E-state index in [0.717, 1.165) is 0 Å². The molecule has 11 N–H and O–H groups in total. The van der Waals surface area contributed by atoms with Crippen LogP contribution in [0.1, 0.15) is 1.43 Å². The molecule has 0 bridgehead atoms. The summed E-state index contributed by atoms with van der Waals surface area (Å²) in [5, 5.41) is 109. The molecule has 3 saturated heterocycles. The number of hydrogen-bond acceptors (Lipinski definition) is 16. The van der Waals surface area contributed by atoms with Gasteiger partial charge < -0.3 is 81.3 Å². The van der Waals surface area contributed by atoms with E-state index in [9.17, 15) is 56.2 Å². The molecule has 0 amide bonds. The average molecular weight is 545 g/mol. The summed E-state index contributed by atoms with van der Waals surface area (Å²) in [4.78, 5) is 0. The van der Waals surface area contributed by atoms with Crippen molar-refractivity contribution in [2.45, 2.75) is 85.5 Å². The minimum Gasteiger partial charge on any atom is -1.00 e. The minimum absolute atomic E-state index is 0. The zero-order valence-electron chi connectivity index (χ0n) is 19.8. The standard InChI is InChI=1S/C18H32O16.K.H/c19-1-5-8(23)11(26)13(28)16(30-5)32-15-10(25)7(3-21)33-18(15,4-22)34-17-14(29)12(27)9(24)6(2-20)31-17;;/h5-17,19-29H,1-4H2;;/q;+1;-1/t5-,6-,7-,8-,9-,10-,11+,12+,13-,14-,15+,16-,17-,18+;;/m1../s1. The SMILES string of the molecule is OC[C@H]1O[C@@](CO)(O[C@H]2O[C@H](CO)[C@@H](O)[C@H](O)[C@H]2O)[C@@H](O[C@H]2O[C@H](CO)[C@@H](O)[C@H](O)[C@H]2O)[C@@H]1O.[H-].[K+]. The van der Waals surface area contributed by atoms with Gasteiger partial charge in [0.2, 0.25) is 5.79 Å². The molecular weight excluding hydrogens is 511 g/mol. The van der Waals surface area contributed by atoms with Crippen LogP contribution in [0.2, 0.25) is 0 Å². The van der Waals surface area contributed by atoms with Crippen molar-refractivity contribution >= 4 is 0 Å². The van der Waals surface area contributed by atoms with Crippen molar-refractivity contribution in [1.82, 2.24) is 0 Å². The monoisotopic (exact) mass is 544 g/mol. The van der Waals surface area contributed by atoms with Crippen LogP contribution in [-0.4, -0.2) is 168 Å². The van der Waals surface area contributed by atoms with Crippen molar-refractivity contribution in [3.63, 3.8) is 0 Å². The summed E-state index contributed by atoms with van der Waals surface area (Å²) in [6.45, 7) is -3.49. The molecule has 202 valence electrons. The number of hydrogen-bond donors (Lipinski definition) is 11. The Morgan fingerprint density at radius 3 is 1.51 bits per heavy atom. The first-order valence-corrected chi connectivity index (χ1v) is 10.6. The Hall–Kier alpha value is 0.996. The third-order valence-corrected chi connectivity index (χ3v) is 6.17. The van der Waals surface area contributed by atoms with E-state index in [1.807, 2.05) is 0 Å². The third kappa shape index (κ3) is 6.26. The molecule has 0 aromatic carbocycles. The molecule has 0 saturated carbocycles. The van der Waals surface area contributed by atoms with E-state index in [-0.39, 0.29) is 52.8 Å². The van der Waals surface area contributed by atoms with Crippen molar-refractivity contribution in [2.75, 3.05) is 26.4 Å². The van der Waals surface area contributed by atoms with E-state index in [1.165, 1.54) is 0 Å². The molecule has 14 atom stereocenters. The van der Waals surface area contributed by atoms with Crippen molar-refractivity contribution in [3.8, 4) is 0 Å². The van der Waals surface area contributed by atoms with E-state index in [1.54, 1.807) is 0 Å². The zero-order valence-corrected chi connectivity index (χ0v) is 21.9. The van der Waals surface area contributed by atoms with E-state index in [0.29, 0.717) is 0 Å². The van der Waals surface area contributed by atoms with Gasteiger partial charge in [-0.2, -0.15) is 0 Å². The van der Waals surface area contributed by atoms with Crippen LogP contribution in [0, 0.1) is 0 Å². The number of aliphatic hydroxyl groups is 11. The van der Waals surface area contributed by atoms with Crippen LogP contribution in [0.4, 0.5) is 0 Å². The van der Waals surface area contributed by atoms with Crippen LogP contribution in [0.15, 0.2) is 0 Å². The average Bonchev–Trinajstić information content (AvgIpc) is 3.10. The summed E-state index contributed by atoms with van der Waals surface area (Å²) in [6.07, 6.45) is -22.3. The second-order valence-corrected chi connectivity index (χ2v) is 8.37. The largest absolute Gasteiger partial charge is 1.00 e. The normalized spacial score (nSPS) is 50.7. The van der Waals surface area contributed by atoms with Crippen LogP contribution in [0.5, 0.6) is 0 Å². The minimum atomic E-state index is -2.43. The van der Waals surface area contributed by atoms with Crippen molar-refractivity contribution in [1.29, 1.82) is 0 Å². The molecule has 3 fully saturated rings. The smallest absolute Gasteiger partial charge is 1.00 e. The first-order chi connectivity index (χ1) is 16.0. The predicted molar refractivity (Wildman–Crippen MR) is 102 cm³/mol. The van der Waals surface area contributed by atoms with Crippen LogP contribution in [-0.2, 0) is 23.7 Å². The Bertz CT molecular complexity index is 665. The van der Waals surface area contributed by atoms with Crippen LogP contribution < -0.4 is 51.4 Å². The van der Waals surface area contributed by atoms with Crippen LogP contribution in [0.3, 0.4) is 0 Å². The topological polar surface area (TPSA) is 269 Å². The number of rotatable bonds is 8. The fourth-order valence-corrected chi connectivity index (χ4v) is 4.12. The second-order valence-electron chi connectivity index (χ2n) is 8.37. The van der Waals surface area contributed by atoms with Gasteiger partial charge in [-0.1, -0.05) is 0 Å². The van der Waals surface area contributed by atoms with Gasteiger partial charge in [-0.15, -0.1) is 0 Å². The molecular formula is C18H33KO16. The fourth-order valence-electron chi connectivity index (χ4n) is 4.12. The Kier molecular flexibility index (Phi) is 12.3. The molecule has 17 heteroatoms. The molecule has 0 unspecified atom stereocenters. The van der Waals surface area contributed by atoms with Crippen LogP contribution >= 0.6 is 0 Å². The summed E-state index contributed by atoms with van der Waals surface area (Å²) in [5.74, 6) is -2.43. The molecule has 3 aliphatic heterocycles. The maximum Gasteiger partial charge on any atom is 1.00 e. The maximum absolute atomic E-state index is 10.6. The predicted octanol–water partition coefficient (Wildman–Crippen LogP) is -10.5. The molecule has 3 aliphatic rings. The molecule has 0 aromatic heterocycles. The van der Waals surface area contributed by atoms with E-state index in [2.05, 4.69) is 0 Å². The molecule has 0 aliphatic carbocycles. The maximum atomic E-state index is 10.6. The molecule has 3 heterocycles. The van der Waals surface area contributed by atoms with Gasteiger partial charge in [0.15, 0.2) is 12.6 Å². The first kappa shape index (κ1) is 32.2. The van der Waals surface area contributed by atoms with Gasteiger partial charge in [-0.25, -0.2) is 0 Å². The van der Waals surface area contributed by atoms with Crippen molar-refractivity contribution in [3.05, 3.63) is 0 Å². The Morgan fingerprint density at radius 2 is 1.06 bits per heavy atom. The molecule has 3 rings (SSSR count). The fraction of sp³-hybridized carbons (Fsp3) is 1.00. The quantitative estimate of drug-likeness (QED) is 0.127. The second kappa shape index (κ2) is 13.4. The number of ether oxygens (including phenoxy) is 5. The summed E-state index contributed by atoms with van der Waals surface area (Å²) in [6, 6.07) is 0. The van der Waals surface area contributed by atoms with Gasteiger partial charge in [0, 0.05) is 0 Å². The van der Waals surface area contributed by atoms with Gasteiger partial charge >= 0.3 is 51.4 Å². The van der Waals surface area contributed by atoms with Crippen molar-refractivity contribution < 1.29 is 133 Å². The molecule has 0 aromatic rings. The summed E-state index contributed by atoms with van der Waals surface area (Å²) in [5.41, 5.74) is 0. The summed E-state index contributed by atoms with van der Waals surface area (Å²) < 4.78 is 27.0. The number of aliphatic hydroxyl groups excluding tert-OH is 11. The third-order valence-electron chi connectivity index (χ3n) is 6.17. The van der Waals surface area contributed by atoms with E-state index < -0.39 is 112 Å². The van der Waals surface area contributed by atoms with E-state index in [4.69, 9.17) is 23.7 Å². The van der Waals surface area contributed by atoms with Gasteiger partial charge in [-0.05, 0) is 0 Å². The molecule has 0 radical (unpaired) electrons. The van der Waals surface area contributed by atoms with Gasteiger partial charge in [0.05, 0.1) is 19.8 Å². The molecule has 16 nitrogen and oxygen atoms in total. The Balaban J connectivity index is 0.00000324.